The Morgan fingerprint density at radius 1 is 1.28 bits per heavy atom. The van der Waals surface area contributed by atoms with Gasteiger partial charge in [-0.2, -0.15) is 0 Å². The molecule has 0 aromatic heterocycles. The molecule has 0 spiro atoms. The zero-order chi connectivity index (χ0) is 13.0. The monoisotopic (exact) mass is 310 g/mol. The van der Waals surface area contributed by atoms with Crippen LogP contribution in [0.3, 0.4) is 0 Å². The Balaban J connectivity index is 1.84. The number of nitrogens with one attached hydrogen (secondary N) is 1. The first-order valence-electron chi connectivity index (χ1n) is 6.79. The van der Waals surface area contributed by atoms with Crippen molar-refractivity contribution in [3.8, 4) is 0 Å². The van der Waals surface area contributed by atoms with E-state index < -0.39 is 0 Å². The summed E-state index contributed by atoms with van der Waals surface area (Å²) in [5, 5.41) is 3.46. The molecule has 18 heavy (non-hydrogen) atoms. The number of nitrogens with zero attached hydrogens (tertiary/aromatic N) is 1. The fraction of sp³-hybridized carbons (Fsp3) is 0.600. The summed E-state index contributed by atoms with van der Waals surface area (Å²) in [4.78, 5) is 2.45. The molecule has 0 saturated heterocycles. The maximum atomic E-state index is 3.48. The zero-order valence-corrected chi connectivity index (χ0v) is 12.9. The summed E-state index contributed by atoms with van der Waals surface area (Å²) >= 11 is 3.48. The highest BCUT2D eigenvalue weighted by molar-refractivity contribution is 9.10. The molecule has 1 aliphatic rings. The van der Waals surface area contributed by atoms with Crippen LogP contribution < -0.4 is 5.32 Å². The average Bonchev–Trinajstić information content (AvgIpc) is 2.79. The molecule has 0 bridgehead atoms. The summed E-state index contributed by atoms with van der Waals surface area (Å²) in [7, 11) is 4.32. The van der Waals surface area contributed by atoms with Gasteiger partial charge in [0.15, 0.2) is 0 Å². The van der Waals surface area contributed by atoms with E-state index in [1.165, 1.54) is 31.4 Å². The van der Waals surface area contributed by atoms with E-state index in [0.717, 1.165) is 23.0 Å². The van der Waals surface area contributed by atoms with Crippen molar-refractivity contribution in [2.75, 3.05) is 20.6 Å². The highest BCUT2D eigenvalue weighted by atomic mass is 79.9. The summed E-state index contributed by atoms with van der Waals surface area (Å²) < 4.78 is 1.15. The van der Waals surface area contributed by atoms with Crippen LogP contribution in [0.4, 0.5) is 0 Å². The molecule has 1 aromatic carbocycles. The van der Waals surface area contributed by atoms with Crippen molar-refractivity contribution < 1.29 is 0 Å². The topological polar surface area (TPSA) is 15.3 Å². The number of halogens is 1. The second-order valence-corrected chi connectivity index (χ2v) is 6.33. The van der Waals surface area contributed by atoms with Gasteiger partial charge in [0.25, 0.3) is 0 Å². The maximum absolute atomic E-state index is 3.48. The first-order chi connectivity index (χ1) is 8.69. The van der Waals surface area contributed by atoms with Gasteiger partial charge in [-0.3, -0.25) is 0 Å². The first-order valence-corrected chi connectivity index (χ1v) is 7.58. The molecule has 2 atom stereocenters. The molecule has 100 valence electrons. The van der Waals surface area contributed by atoms with E-state index in [0.29, 0.717) is 0 Å². The van der Waals surface area contributed by atoms with Gasteiger partial charge in [0, 0.05) is 23.6 Å². The standard InChI is InChI=1S/C15H23BrN2/c1-17-15-5-3-4-13(15)11-18(2)10-12-6-8-14(16)9-7-12/h6-9,13,15,17H,3-5,10-11H2,1-2H3. The van der Waals surface area contributed by atoms with Crippen molar-refractivity contribution in [3.63, 3.8) is 0 Å². The van der Waals surface area contributed by atoms with Gasteiger partial charge in [0.1, 0.15) is 0 Å². The Morgan fingerprint density at radius 3 is 2.67 bits per heavy atom. The van der Waals surface area contributed by atoms with Crippen LogP contribution in [0.5, 0.6) is 0 Å². The molecule has 1 N–H and O–H groups in total. The molecule has 1 aliphatic carbocycles. The SMILES string of the molecule is CNC1CCCC1CN(C)Cc1ccc(Br)cc1. The van der Waals surface area contributed by atoms with Crippen LogP contribution in [-0.4, -0.2) is 31.6 Å². The summed E-state index contributed by atoms with van der Waals surface area (Å²) in [5.41, 5.74) is 1.39. The maximum Gasteiger partial charge on any atom is 0.0230 e. The zero-order valence-electron chi connectivity index (χ0n) is 11.3. The molecular formula is C15H23BrN2. The number of hydrogen-bond donors (Lipinski definition) is 1. The van der Waals surface area contributed by atoms with Crippen molar-refractivity contribution >= 4 is 15.9 Å². The highest BCUT2D eigenvalue weighted by Gasteiger charge is 2.26. The van der Waals surface area contributed by atoms with E-state index in [4.69, 9.17) is 0 Å². The van der Waals surface area contributed by atoms with E-state index in [-0.39, 0.29) is 0 Å². The quantitative estimate of drug-likeness (QED) is 0.898. The fourth-order valence-electron chi connectivity index (χ4n) is 3.00. The smallest absolute Gasteiger partial charge is 0.0230 e. The first kappa shape index (κ1) is 14.0. The van der Waals surface area contributed by atoms with E-state index in [2.05, 4.69) is 64.5 Å². The molecule has 3 heteroatoms. The molecular weight excluding hydrogens is 288 g/mol. The molecule has 0 aliphatic heterocycles. The summed E-state index contributed by atoms with van der Waals surface area (Å²) in [6.45, 7) is 2.24. The molecule has 0 heterocycles. The van der Waals surface area contributed by atoms with Crippen molar-refractivity contribution in [2.24, 2.45) is 5.92 Å². The second kappa shape index (κ2) is 6.69. The van der Waals surface area contributed by atoms with Crippen LogP contribution >= 0.6 is 15.9 Å². The van der Waals surface area contributed by atoms with Gasteiger partial charge in [0.2, 0.25) is 0 Å². The molecule has 1 saturated carbocycles. The third-order valence-electron chi connectivity index (χ3n) is 3.94. The summed E-state index contributed by atoms with van der Waals surface area (Å²) in [5.74, 6) is 0.815. The summed E-state index contributed by atoms with van der Waals surface area (Å²) in [6.07, 6.45) is 4.09. The van der Waals surface area contributed by atoms with Crippen LogP contribution in [0.25, 0.3) is 0 Å². The van der Waals surface area contributed by atoms with Crippen molar-refractivity contribution in [3.05, 3.63) is 34.3 Å². The van der Waals surface area contributed by atoms with Gasteiger partial charge in [-0.25, -0.2) is 0 Å². The van der Waals surface area contributed by atoms with E-state index in [1.807, 2.05) is 0 Å². The molecule has 2 unspecified atom stereocenters. The lowest BCUT2D eigenvalue weighted by molar-refractivity contribution is 0.249. The van der Waals surface area contributed by atoms with Crippen LogP contribution in [0.15, 0.2) is 28.7 Å². The van der Waals surface area contributed by atoms with E-state index in [1.54, 1.807) is 0 Å². The Labute approximate surface area is 119 Å². The summed E-state index contributed by atoms with van der Waals surface area (Å²) in [6, 6.07) is 9.36. The minimum absolute atomic E-state index is 0.720. The van der Waals surface area contributed by atoms with Gasteiger partial charge >= 0.3 is 0 Å². The Bertz CT molecular complexity index is 363. The van der Waals surface area contributed by atoms with Gasteiger partial charge < -0.3 is 10.2 Å². The van der Waals surface area contributed by atoms with Crippen LogP contribution in [0.1, 0.15) is 24.8 Å². The van der Waals surface area contributed by atoms with Crippen molar-refractivity contribution in [2.45, 2.75) is 31.8 Å². The molecule has 0 radical (unpaired) electrons. The van der Waals surface area contributed by atoms with Gasteiger partial charge in [-0.05, 0) is 50.6 Å². The molecule has 0 amide bonds. The molecule has 1 aromatic rings. The molecule has 2 rings (SSSR count). The second-order valence-electron chi connectivity index (χ2n) is 5.41. The minimum Gasteiger partial charge on any atom is -0.317 e. The van der Waals surface area contributed by atoms with Gasteiger partial charge in [0.05, 0.1) is 0 Å². The van der Waals surface area contributed by atoms with Crippen LogP contribution in [0.2, 0.25) is 0 Å². The number of benzene rings is 1. The van der Waals surface area contributed by atoms with Gasteiger partial charge in [-0.1, -0.05) is 34.5 Å². The highest BCUT2D eigenvalue weighted by Crippen LogP contribution is 2.26. The van der Waals surface area contributed by atoms with Crippen molar-refractivity contribution in [1.82, 2.24) is 10.2 Å². The van der Waals surface area contributed by atoms with Crippen molar-refractivity contribution in [1.29, 1.82) is 0 Å². The fourth-order valence-corrected chi connectivity index (χ4v) is 3.27. The van der Waals surface area contributed by atoms with E-state index in [9.17, 15) is 0 Å². The minimum atomic E-state index is 0.720. The normalized spacial score (nSPS) is 23.8. The van der Waals surface area contributed by atoms with E-state index >= 15 is 0 Å². The third-order valence-corrected chi connectivity index (χ3v) is 4.47. The number of hydrogen-bond acceptors (Lipinski definition) is 2. The molecule has 1 fully saturated rings. The lowest BCUT2D eigenvalue weighted by Gasteiger charge is -2.25. The number of rotatable bonds is 5. The van der Waals surface area contributed by atoms with Gasteiger partial charge in [-0.15, -0.1) is 0 Å². The predicted molar refractivity (Wildman–Crippen MR) is 80.7 cm³/mol. The predicted octanol–water partition coefficient (Wildman–Crippen LogP) is 3.27. The third kappa shape index (κ3) is 3.81. The van der Waals surface area contributed by atoms with Crippen LogP contribution in [-0.2, 0) is 6.54 Å². The Hall–Kier alpha value is -0.380. The Morgan fingerprint density at radius 2 is 2.00 bits per heavy atom. The lowest BCUT2D eigenvalue weighted by atomic mass is 10.0. The lowest BCUT2D eigenvalue weighted by Crippen LogP contribution is -2.36. The van der Waals surface area contributed by atoms with Crippen LogP contribution in [0, 0.1) is 5.92 Å². The average molecular weight is 311 g/mol. The Kier molecular flexibility index (Phi) is 5.22. The largest absolute Gasteiger partial charge is 0.317 e. The molecule has 2 nitrogen and oxygen atoms in total.